The van der Waals surface area contributed by atoms with Gasteiger partial charge >= 0.3 is 6.36 Å². The molecule has 1 atom stereocenters. The highest BCUT2D eigenvalue weighted by atomic mass is 79.9. The average Bonchev–Trinajstić information content (AvgIpc) is 2.24. The predicted octanol–water partition coefficient (Wildman–Crippen LogP) is 4.55. The summed E-state index contributed by atoms with van der Waals surface area (Å²) in [5, 5.41) is 0. The topological polar surface area (TPSA) is 26.3 Å². The van der Waals surface area contributed by atoms with Crippen molar-refractivity contribution in [2.24, 2.45) is 0 Å². The molecule has 0 N–H and O–H groups in total. The molecule has 0 saturated carbocycles. The number of alkyl halides is 6. The highest BCUT2D eigenvalue weighted by Crippen LogP contribution is 2.40. The molecule has 2 nitrogen and oxygen atoms in total. The van der Waals surface area contributed by atoms with Crippen LogP contribution in [-0.4, -0.2) is 12.1 Å². The summed E-state index contributed by atoms with van der Waals surface area (Å²) in [4.78, 5) is 10.0. The fraction of sp³-hybridized carbons (Fsp3) is 0.364. The normalized spacial score (nSPS) is 13.5. The van der Waals surface area contributed by atoms with E-state index in [0.717, 1.165) is 25.1 Å². The third-order valence-corrected chi connectivity index (χ3v) is 3.31. The maximum Gasteiger partial charge on any atom is 0.573 e. The third kappa shape index (κ3) is 4.15. The number of carbonyl (C=O) groups is 1. The van der Waals surface area contributed by atoms with Gasteiger partial charge in [0.05, 0.1) is 10.4 Å². The zero-order valence-corrected chi connectivity index (χ0v) is 11.1. The molecule has 0 saturated heterocycles. The van der Waals surface area contributed by atoms with E-state index in [2.05, 4.69) is 20.7 Å². The van der Waals surface area contributed by atoms with Gasteiger partial charge < -0.3 is 4.74 Å². The molecule has 1 unspecified atom stereocenters. The summed E-state index contributed by atoms with van der Waals surface area (Å²) in [6.45, 7) is 1.13. The SMILES string of the molecule is CC(=O)C(Br)c1cccc(OC(F)(F)F)c1C(F)F. The van der Waals surface area contributed by atoms with Crippen LogP contribution in [-0.2, 0) is 4.79 Å². The zero-order chi connectivity index (χ0) is 14.8. The van der Waals surface area contributed by atoms with Crippen LogP contribution in [0.2, 0.25) is 0 Å². The lowest BCUT2D eigenvalue weighted by Crippen LogP contribution is -2.19. The van der Waals surface area contributed by atoms with Crippen molar-refractivity contribution in [2.45, 2.75) is 24.5 Å². The Balaban J connectivity index is 3.34. The van der Waals surface area contributed by atoms with Crippen LogP contribution in [0.15, 0.2) is 18.2 Å². The number of hydrogen-bond donors (Lipinski definition) is 0. The Morgan fingerprint density at radius 2 is 1.89 bits per heavy atom. The van der Waals surface area contributed by atoms with Crippen LogP contribution in [0.1, 0.15) is 29.3 Å². The first-order valence-electron chi connectivity index (χ1n) is 4.94. The Labute approximate surface area is 113 Å². The summed E-state index contributed by atoms with van der Waals surface area (Å²) in [7, 11) is 0. The van der Waals surface area contributed by atoms with E-state index in [1.807, 2.05) is 0 Å². The van der Waals surface area contributed by atoms with Gasteiger partial charge in [0, 0.05) is 0 Å². The molecule has 106 valence electrons. The molecule has 0 aromatic heterocycles. The molecule has 0 spiro atoms. The van der Waals surface area contributed by atoms with Crippen LogP contribution in [0.4, 0.5) is 22.0 Å². The Morgan fingerprint density at radius 1 is 1.32 bits per heavy atom. The van der Waals surface area contributed by atoms with Crippen molar-refractivity contribution in [1.29, 1.82) is 0 Å². The van der Waals surface area contributed by atoms with Gasteiger partial charge in [-0.1, -0.05) is 28.1 Å². The first-order chi connectivity index (χ1) is 8.63. The fourth-order valence-corrected chi connectivity index (χ4v) is 1.85. The van der Waals surface area contributed by atoms with Gasteiger partial charge in [0.2, 0.25) is 0 Å². The van der Waals surface area contributed by atoms with E-state index in [1.165, 1.54) is 0 Å². The molecule has 0 bridgehead atoms. The number of rotatable bonds is 4. The zero-order valence-electron chi connectivity index (χ0n) is 9.47. The molecule has 1 aromatic rings. The lowest BCUT2D eigenvalue weighted by Gasteiger charge is -2.17. The van der Waals surface area contributed by atoms with Gasteiger partial charge in [-0.15, -0.1) is 13.2 Å². The van der Waals surface area contributed by atoms with Crippen molar-refractivity contribution in [3.63, 3.8) is 0 Å². The van der Waals surface area contributed by atoms with Crippen molar-refractivity contribution in [3.8, 4) is 5.75 Å². The van der Waals surface area contributed by atoms with Crippen LogP contribution in [0.3, 0.4) is 0 Å². The Bertz CT molecular complexity index is 473. The Hall–Kier alpha value is -1.18. The molecular formula is C11H8BrF5O2. The van der Waals surface area contributed by atoms with Crippen molar-refractivity contribution in [3.05, 3.63) is 29.3 Å². The van der Waals surface area contributed by atoms with Gasteiger partial charge in [-0.2, -0.15) is 0 Å². The molecule has 0 amide bonds. The molecule has 1 aromatic carbocycles. The van der Waals surface area contributed by atoms with Crippen molar-refractivity contribution in [1.82, 2.24) is 0 Å². The Kier molecular flexibility index (Phi) is 4.89. The minimum Gasteiger partial charge on any atom is -0.405 e. The molecule has 0 fully saturated rings. The third-order valence-electron chi connectivity index (χ3n) is 2.17. The monoisotopic (exact) mass is 346 g/mol. The summed E-state index contributed by atoms with van der Waals surface area (Å²) in [6, 6.07) is 3.03. The van der Waals surface area contributed by atoms with E-state index in [9.17, 15) is 26.7 Å². The van der Waals surface area contributed by atoms with E-state index in [0.29, 0.717) is 0 Å². The maximum absolute atomic E-state index is 12.9. The maximum atomic E-state index is 12.9. The molecule has 1 rings (SSSR count). The van der Waals surface area contributed by atoms with E-state index in [4.69, 9.17) is 0 Å². The fourth-order valence-electron chi connectivity index (χ4n) is 1.45. The van der Waals surface area contributed by atoms with Gasteiger partial charge in [0.1, 0.15) is 11.5 Å². The van der Waals surface area contributed by atoms with Crippen LogP contribution >= 0.6 is 15.9 Å². The largest absolute Gasteiger partial charge is 0.573 e. The van der Waals surface area contributed by atoms with Crippen molar-refractivity contribution in [2.75, 3.05) is 0 Å². The average molecular weight is 347 g/mol. The van der Waals surface area contributed by atoms with Gasteiger partial charge in [-0.05, 0) is 18.6 Å². The second-order valence-electron chi connectivity index (χ2n) is 3.58. The first-order valence-corrected chi connectivity index (χ1v) is 5.86. The lowest BCUT2D eigenvalue weighted by molar-refractivity contribution is -0.275. The summed E-state index contributed by atoms with van der Waals surface area (Å²) in [5.74, 6) is -1.52. The lowest BCUT2D eigenvalue weighted by atomic mass is 10.0. The highest BCUT2D eigenvalue weighted by Gasteiger charge is 2.34. The van der Waals surface area contributed by atoms with E-state index in [1.54, 1.807) is 0 Å². The number of hydrogen-bond acceptors (Lipinski definition) is 2. The van der Waals surface area contributed by atoms with Crippen molar-refractivity contribution < 1.29 is 31.5 Å². The highest BCUT2D eigenvalue weighted by molar-refractivity contribution is 9.09. The number of Topliss-reactive ketones (excluding diaryl/α,β-unsaturated/α-hetero) is 1. The van der Waals surface area contributed by atoms with E-state index in [-0.39, 0.29) is 5.56 Å². The second-order valence-corrected chi connectivity index (χ2v) is 4.50. The first kappa shape index (κ1) is 15.9. The number of carbonyl (C=O) groups excluding carboxylic acids is 1. The van der Waals surface area contributed by atoms with Gasteiger partial charge in [0.25, 0.3) is 6.43 Å². The van der Waals surface area contributed by atoms with E-state index < -0.39 is 34.7 Å². The van der Waals surface area contributed by atoms with Crippen molar-refractivity contribution >= 4 is 21.7 Å². The van der Waals surface area contributed by atoms with Crippen LogP contribution in [0, 0.1) is 0 Å². The molecule has 0 aliphatic rings. The number of ketones is 1. The smallest absolute Gasteiger partial charge is 0.405 e. The summed E-state index contributed by atoms with van der Waals surface area (Å²) >= 11 is 2.86. The molecular weight excluding hydrogens is 339 g/mol. The van der Waals surface area contributed by atoms with Gasteiger partial charge in [-0.25, -0.2) is 8.78 Å². The van der Waals surface area contributed by atoms with Crippen LogP contribution in [0.25, 0.3) is 0 Å². The quantitative estimate of drug-likeness (QED) is 0.590. The van der Waals surface area contributed by atoms with Gasteiger partial charge in [-0.3, -0.25) is 4.79 Å². The minimum atomic E-state index is -5.08. The van der Waals surface area contributed by atoms with Crippen LogP contribution < -0.4 is 4.74 Å². The summed E-state index contributed by atoms with van der Waals surface area (Å²) in [5.41, 5.74) is -1.19. The number of halogens is 6. The predicted molar refractivity (Wildman–Crippen MR) is 60.4 cm³/mol. The minimum absolute atomic E-state index is 0.246. The molecule has 0 aliphatic carbocycles. The Morgan fingerprint density at radius 3 is 2.32 bits per heavy atom. The molecule has 8 heteroatoms. The van der Waals surface area contributed by atoms with E-state index >= 15 is 0 Å². The standard InChI is InChI=1S/C11H8BrF5O2/c1-5(18)9(12)6-3-2-4-7(8(6)10(13)14)19-11(15,16)17/h2-4,9-10H,1H3. The number of benzene rings is 1. The number of ether oxygens (including phenoxy) is 1. The van der Waals surface area contributed by atoms with Gasteiger partial charge in [0.15, 0.2) is 0 Å². The summed E-state index contributed by atoms with van der Waals surface area (Å²) < 4.78 is 65.8. The molecule has 0 radical (unpaired) electrons. The molecule has 0 aliphatic heterocycles. The summed E-state index contributed by atoms with van der Waals surface area (Å²) in [6.07, 6.45) is -8.28. The molecule has 0 heterocycles. The van der Waals surface area contributed by atoms with Crippen LogP contribution in [0.5, 0.6) is 5.75 Å². The second kappa shape index (κ2) is 5.85. The molecule has 19 heavy (non-hydrogen) atoms.